The predicted molar refractivity (Wildman–Crippen MR) is 108 cm³/mol. The van der Waals surface area contributed by atoms with E-state index in [2.05, 4.69) is 31.5 Å². The monoisotopic (exact) mass is 387 g/mol. The van der Waals surface area contributed by atoms with Gasteiger partial charge >= 0.3 is 0 Å². The summed E-state index contributed by atoms with van der Waals surface area (Å²) in [6.07, 6.45) is 10.5. The van der Waals surface area contributed by atoms with E-state index in [1.807, 2.05) is 18.2 Å². The Hall–Kier alpha value is -3.47. The molecule has 3 aliphatic rings. The lowest BCUT2D eigenvalue weighted by Crippen LogP contribution is -2.47. The van der Waals surface area contributed by atoms with Crippen molar-refractivity contribution in [2.45, 2.75) is 50.2 Å². The van der Waals surface area contributed by atoms with Crippen LogP contribution in [-0.4, -0.2) is 39.2 Å². The summed E-state index contributed by atoms with van der Waals surface area (Å²) >= 11 is 0. The standard InChI is InChI=1S/C21H21N7O/c22-10-12-4-7-19(27-26-12)28-14-5-6-15(28)9-13(8-14)25-20-16-2-1-3-18(16)24-11-17(20)21(23)29/h1-2,4,7,11,13-15H,3,5-6,8-9H2,(H2,23,29)(H,24,25)/t13?,14-,15+. The number of primary amides is 1. The van der Waals surface area contributed by atoms with Crippen molar-refractivity contribution in [3.63, 3.8) is 0 Å². The van der Waals surface area contributed by atoms with Crippen LogP contribution in [0.1, 0.15) is 53.0 Å². The van der Waals surface area contributed by atoms with Gasteiger partial charge in [0.1, 0.15) is 6.07 Å². The molecule has 2 aromatic heterocycles. The van der Waals surface area contributed by atoms with E-state index >= 15 is 0 Å². The molecule has 1 aliphatic carbocycles. The molecule has 2 saturated heterocycles. The zero-order chi connectivity index (χ0) is 20.0. The molecule has 0 saturated carbocycles. The SMILES string of the molecule is N#Cc1ccc(N2[C@@H]3CC[C@H]2CC(Nc2c(C(N)=O)cnc4c2C=CC4)C3)nn1. The van der Waals surface area contributed by atoms with Gasteiger partial charge in [0, 0.05) is 36.3 Å². The quantitative estimate of drug-likeness (QED) is 0.823. The molecule has 29 heavy (non-hydrogen) atoms. The van der Waals surface area contributed by atoms with Gasteiger partial charge in [-0.15, -0.1) is 10.2 Å². The van der Waals surface area contributed by atoms with Crippen molar-refractivity contribution in [2.24, 2.45) is 5.73 Å². The molecule has 146 valence electrons. The maximum absolute atomic E-state index is 12.0. The zero-order valence-corrected chi connectivity index (χ0v) is 15.9. The third-order valence-electron chi connectivity index (χ3n) is 6.17. The van der Waals surface area contributed by atoms with Crippen LogP contribution in [-0.2, 0) is 6.42 Å². The van der Waals surface area contributed by atoms with Crippen LogP contribution in [0, 0.1) is 11.3 Å². The number of allylic oxidation sites excluding steroid dienone is 1. The molecule has 2 bridgehead atoms. The van der Waals surface area contributed by atoms with Crippen LogP contribution in [0.2, 0.25) is 0 Å². The highest BCUT2D eigenvalue weighted by atomic mass is 16.1. The molecule has 1 amide bonds. The van der Waals surface area contributed by atoms with E-state index in [4.69, 9.17) is 11.0 Å². The van der Waals surface area contributed by atoms with Gasteiger partial charge < -0.3 is 16.0 Å². The van der Waals surface area contributed by atoms with E-state index in [-0.39, 0.29) is 6.04 Å². The van der Waals surface area contributed by atoms with E-state index in [1.54, 1.807) is 12.3 Å². The van der Waals surface area contributed by atoms with Crippen molar-refractivity contribution in [3.05, 3.63) is 46.9 Å². The first-order valence-electron chi connectivity index (χ1n) is 9.91. The number of nitrogens with two attached hydrogens (primary N) is 1. The molecule has 4 heterocycles. The van der Waals surface area contributed by atoms with Gasteiger partial charge in [-0.3, -0.25) is 9.78 Å². The molecule has 2 aromatic rings. The molecule has 0 spiro atoms. The molecular formula is C21H21N7O. The predicted octanol–water partition coefficient (Wildman–Crippen LogP) is 2.02. The van der Waals surface area contributed by atoms with Crippen LogP contribution in [0.25, 0.3) is 6.08 Å². The summed E-state index contributed by atoms with van der Waals surface area (Å²) in [6.45, 7) is 0. The summed E-state index contributed by atoms with van der Waals surface area (Å²) in [5.74, 6) is 0.372. The van der Waals surface area contributed by atoms with E-state index < -0.39 is 5.91 Å². The number of nitrogens with zero attached hydrogens (tertiary/aromatic N) is 5. The number of nitrogens with one attached hydrogen (secondary N) is 1. The van der Waals surface area contributed by atoms with Gasteiger partial charge in [-0.2, -0.15) is 5.26 Å². The summed E-state index contributed by atoms with van der Waals surface area (Å²) in [5, 5.41) is 20.8. The van der Waals surface area contributed by atoms with Gasteiger partial charge in [-0.05, 0) is 37.8 Å². The molecular weight excluding hydrogens is 366 g/mol. The summed E-state index contributed by atoms with van der Waals surface area (Å²) < 4.78 is 0. The average Bonchev–Trinajstić information content (AvgIpc) is 3.31. The van der Waals surface area contributed by atoms with Crippen LogP contribution in [0.5, 0.6) is 0 Å². The second kappa shape index (κ2) is 6.85. The Morgan fingerprint density at radius 1 is 1.24 bits per heavy atom. The van der Waals surface area contributed by atoms with Gasteiger partial charge in [0.05, 0.1) is 16.9 Å². The Balaban J connectivity index is 1.39. The van der Waals surface area contributed by atoms with Crippen molar-refractivity contribution in [3.8, 4) is 6.07 Å². The summed E-state index contributed by atoms with van der Waals surface area (Å²) in [4.78, 5) is 18.7. The minimum atomic E-state index is -0.462. The Bertz CT molecular complexity index is 1030. The van der Waals surface area contributed by atoms with Crippen molar-refractivity contribution < 1.29 is 4.79 Å². The van der Waals surface area contributed by atoms with Crippen molar-refractivity contribution >= 4 is 23.5 Å². The van der Waals surface area contributed by atoms with Crippen molar-refractivity contribution in [1.82, 2.24) is 15.2 Å². The third kappa shape index (κ3) is 2.99. The Kier molecular flexibility index (Phi) is 4.16. The number of carbonyl (C=O) groups excluding carboxylic acids is 1. The number of rotatable bonds is 4. The fourth-order valence-corrected chi connectivity index (χ4v) is 4.93. The van der Waals surface area contributed by atoms with E-state index in [0.29, 0.717) is 23.3 Å². The van der Waals surface area contributed by atoms with Crippen molar-refractivity contribution in [2.75, 3.05) is 10.2 Å². The molecule has 1 unspecified atom stereocenters. The Morgan fingerprint density at radius 2 is 2.03 bits per heavy atom. The summed E-state index contributed by atoms with van der Waals surface area (Å²) in [5.41, 5.74) is 9.16. The van der Waals surface area contributed by atoms with Crippen LogP contribution < -0.4 is 16.0 Å². The maximum Gasteiger partial charge on any atom is 0.252 e. The Labute approximate surface area is 168 Å². The Morgan fingerprint density at radius 3 is 2.69 bits per heavy atom. The number of anilines is 2. The number of pyridine rings is 1. The highest BCUT2D eigenvalue weighted by molar-refractivity contribution is 6.00. The summed E-state index contributed by atoms with van der Waals surface area (Å²) in [6, 6.07) is 6.58. The number of piperidine rings is 1. The van der Waals surface area contributed by atoms with Gasteiger partial charge in [0.15, 0.2) is 11.5 Å². The topological polar surface area (TPSA) is 121 Å². The summed E-state index contributed by atoms with van der Waals surface area (Å²) in [7, 11) is 0. The number of hydrogen-bond acceptors (Lipinski definition) is 7. The second-order valence-electron chi connectivity index (χ2n) is 7.87. The molecule has 8 heteroatoms. The number of amides is 1. The molecule has 0 radical (unpaired) electrons. The fraction of sp³-hybridized carbons (Fsp3) is 0.381. The van der Waals surface area contributed by atoms with E-state index in [1.165, 1.54) is 0 Å². The second-order valence-corrected chi connectivity index (χ2v) is 7.87. The average molecular weight is 387 g/mol. The van der Waals surface area contributed by atoms with Crippen LogP contribution in [0.4, 0.5) is 11.5 Å². The molecule has 8 nitrogen and oxygen atoms in total. The lowest BCUT2D eigenvalue weighted by atomic mass is 9.96. The molecule has 3 N–H and O–H groups in total. The number of nitriles is 1. The minimum absolute atomic E-state index is 0.244. The van der Waals surface area contributed by atoms with Crippen LogP contribution in [0.15, 0.2) is 24.4 Å². The molecule has 2 aliphatic heterocycles. The first-order chi connectivity index (χ1) is 14.1. The van der Waals surface area contributed by atoms with E-state index in [9.17, 15) is 4.79 Å². The lowest BCUT2D eigenvalue weighted by Gasteiger charge is -2.40. The largest absolute Gasteiger partial charge is 0.381 e. The van der Waals surface area contributed by atoms with Crippen LogP contribution in [0.3, 0.4) is 0 Å². The first-order valence-corrected chi connectivity index (χ1v) is 9.91. The fourth-order valence-electron chi connectivity index (χ4n) is 4.93. The number of aromatic nitrogens is 3. The van der Waals surface area contributed by atoms with Gasteiger partial charge in [0.2, 0.25) is 0 Å². The van der Waals surface area contributed by atoms with Gasteiger partial charge in [-0.1, -0.05) is 12.2 Å². The highest BCUT2D eigenvalue weighted by Gasteiger charge is 2.42. The minimum Gasteiger partial charge on any atom is -0.381 e. The number of carbonyl (C=O) groups is 1. The maximum atomic E-state index is 12.0. The highest BCUT2D eigenvalue weighted by Crippen LogP contribution is 2.40. The molecule has 3 atom stereocenters. The van der Waals surface area contributed by atoms with Gasteiger partial charge in [0.25, 0.3) is 5.91 Å². The first kappa shape index (κ1) is 17.6. The normalized spacial score (nSPS) is 24.2. The number of hydrogen-bond donors (Lipinski definition) is 2. The molecule has 2 fully saturated rings. The van der Waals surface area contributed by atoms with Crippen molar-refractivity contribution in [1.29, 1.82) is 5.26 Å². The smallest absolute Gasteiger partial charge is 0.252 e. The van der Waals surface area contributed by atoms with E-state index in [0.717, 1.165) is 54.9 Å². The van der Waals surface area contributed by atoms with Gasteiger partial charge in [-0.25, -0.2) is 0 Å². The lowest BCUT2D eigenvalue weighted by molar-refractivity contribution is 0.100. The van der Waals surface area contributed by atoms with Crippen LogP contribution >= 0.6 is 0 Å². The number of fused-ring (bicyclic) bond motifs is 3. The molecule has 5 rings (SSSR count). The third-order valence-corrected chi connectivity index (χ3v) is 6.17. The molecule has 0 aromatic carbocycles. The zero-order valence-electron chi connectivity index (χ0n) is 15.9.